The molecule has 6 nitrogen and oxygen atoms in total. The SMILES string of the molecule is Cn1cccc1C(=O)OCC(=O)Nc1ccc(OC(F)F)cc1. The Labute approximate surface area is 130 Å². The van der Waals surface area contributed by atoms with Crippen molar-refractivity contribution in [1.29, 1.82) is 0 Å². The molecule has 1 aromatic carbocycles. The van der Waals surface area contributed by atoms with Crippen molar-refractivity contribution in [2.75, 3.05) is 11.9 Å². The van der Waals surface area contributed by atoms with Gasteiger partial charge in [0.2, 0.25) is 0 Å². The number of aryl methyl sites for hydroxylation is 1. The molecule has 0 saturated carbocycles. The average molecular weight is 324 g/mol. The van der Waals surface area contributed by atoms with Crippen molar-refractivity contribution in [3.63, 3.8) is 0 Å². The van der Waals surface area contributed by atoms with Gasteiger partial charge in [0.05, 0.1) is 0 Å². The Morgan fingerprint density at radius 3 is 2.48 bits per heavy atom. The molecule has 0 bridgehead atoms. The van der Waals surface area contributed by atoms with Crippen LogP contribution in [0.2, 0.25) is 0 Å². The number of anilines is 1. The monoisotopic (exact) mass is 324 g/mol. The van der Waals surface area contributed by atoms with E-state index in [4.69, 9.17) is 4.74 Å². The molecule has 122 valence electrons. The summed E-state index contributed by atoms with van der Waals surface area (Å²) in [7, 11) is 1.68. The van der Waals surface area contributed by atoms with Gasteiger partial charge < -0.3 is 19.4 Å². The summed E-state index contributed by atoms with van der Waals surface area (Å²) in [5.74, 6) is -1.18. The van der Waals surface area contributed by atoms with Crippen LogP contribution in [0.5, 0.6) is 5.75 Å². The van der Waals surface area contributed by atoms with Crippen LogP contribution in [0.25, 0.3) is 0 Å². The van der Waals surface area contributed by atoms with Crippen LogP contribution in [0.1, 0.15) is 10.5 Å². The Morgan fingerprint density at radius 1 is 1.22 bits per heavy atom. The molecule has 23 heavy (non-hydrogen) atoms. The van der Waals surface area contributed by atoms with Crippen molar-refractivity contribution in [3.05, 3.63) is 48.3 Å². The minimum Gasteiger partial charge on any atom is -0.451 e. The highest BCUT2D eigenvalue weighted by Gasteiger charge is 2.13. The Bertz CT molecular complexity index is 683. The standard InChI is InChI=1S/C15H14F2N2O4/c1-19-8-2-3-12(19)14(21)22-9-13(20)18-10-4-6-11(7-5-10)23-15(16)17/h2-8,15H,9H2,1H3,(H,18,20). The highest BCUT2D eigenvalue weighted by molar-refractivity contribution is 5.94. The van der Waals surface area contributed by atoms with E-state index in [2.05, 4.69) is 10.1 Å². The number of nitrogens with one attached hydrogen (secondary N) is 1. The number of carbonyl (C=O) groups is 2. The normalized spacial score (nSPS) is 10.4. The first-order chi connectivity index (χ1) is 11.0. The Hall–Kier alpha value is -2.90. The van der Waals surface area contributed by atoms with Crippen LogP contribution in [0.15, 0.2) is 42.6 Å². The third-order valence-corrected chi connectivity index (χ3v) is 2.85. The maximum absolute atomic E-state index is 12.0. The molecule has 0 atom stereocenters. The van der Waals surface area contributed by atoms with Crippen molar-refractivity contribution in [3.8, 4) is 5.75 Å². The zero-order valence-electron chi connectivity index (χ0n) is 12.2. The van der Waals surface area contributed by atoms with E-state index in [0.717, 1.165) is 0 Å². The van der Waals surface area contributed by atoms with Gasteiger partial charge in [-0.2, -0.15) is 8.78 Å². The van der Waals surface area contributed by atoms with E-state index in [1.54, 1.807) is 29.9 Å². The smallest absolute Gasteiger partial charge is 0.387 e. The summed E-state index contributed by atoms with van der Waals surface area (Å²) in [6.45, 7) is -3.37. The highest BCUT2D eigenvalue weighted by atomic mass is 19.3. The van der Waals surface area contributed by atoms with Gasteiger partial charge >= 0.3 is 12.6 Å². The van der Waals surface area contributed by atoms with Crippen molar-refractivity contribution < 1.29 is 27.8 Å². The van der Waals surface area contributed by atoms with Crippen LogP contribution >= 0.6 is 0 Å². The van der Waals surface area contributed by atoms with Gasteiger partial charge in [0.1, 0.15) is 11.4 Å². The van der Waals surface area contributed by atoms with E-state index in [-0.39, 0.29) is 5.75 Å². The predicted octanol–water partition coefficient (Wildman–Crippen LogP) is 2.42. The molecule has 0 spiro atoms. The molecule has 0 aliphatic carbocycles. The van der Waals surface area contributed by atoms with E-state index in [0.29, 0.717) is 11.4 Å². The third kappa shape index (κ3) is 4.80. The Morgan fingerprint density at radius 2 is 1.91 bits per heavy atom. The summed E-state index contributed by atoms with van der Waals surface area (Å²) >= 11 is 0. The average Bonchev–Trinajstić information content (AvgIpc) is 2.92. The lowest BCUT2D eigenvalue weighted by molar-refractivity contribution is -0.119. The number of nitrogens with zero attached hydrogens (tertiary/aromatic N) is 1. The minimum absolute atomic E-state index is 0.0202. The van der Waals surface area contributed by atoms with Gasteiger partial charge in [-0.1, -0.05) is 0 Å². The quantitative estimate of drug-likeness (QED) is 0.829. The second kappa shape index (κ2) is 7.39. The molecule has 0 aliphatic heterocycles. The van der Waals surface area contributed by atoms with Gasteiger partial charge in [-0.3, -0.25) is 4.79 Å². The summed E-state index contributed by atoms with van der Waals surface area (Å²) in [6, 6.07) is 8.63. The zero-order valence-corrected chi connectivity index (χ0v) is 12.2. The topological polar surface area (TPSA) is 69.6 Å². The van der Waals surface area contributed by atoms with Gasteiger partial charge in [0.25, 0.3) is 5.91 Å². The fraction of sp³-hybridized carbons (Fsp3) is 0.200. The van der Waals surface area contributed by atoms with E-state index in [9.17, 15) is 18.4 Å². The Balaban J connectivity index is 1.83. The van der Waals surface area contributed by atoms with Crippen molar-refractivity contribution in [1.82, 2.24) is 4.57 Å². The molecule has 2 rings (SSSR count). The van der Waals surface area contributed by atoms with Gasteiger partial charge in [0, 0.05) is 18.9 Å². The lowest BCUT2D eigenvalue weighted by atomic mass is 10.3. The maximum atomic E-state index is 12.0. The Kier molecular flexibility index (Phi) is 5.29. The van der Waals surface area contributed by atoms with E-state index in [1.807, 2.05) is 0 Å². The first kappa shape index (κ1) is 16.5. The van der Waals surface area contributed by atoms with Crippen molar-refractivity contribution in [2.45, 2.75) is 6.61 Å². The summed E-state index contributed by atoms with van der Waals surface area (Å²) in [6.07, 6.45) is 1.68. The number of carbonyl (C=O) groups excluding carboxylic acids is 2. The van der Waals surface area contributed by atoms with Crippen LogP contribution in [0.3, 0.4) is 0 Å². The fourth-order valence-corrected chi connectivity index (χ4v) is 1.79. The lowest BCUT2D eigenvalue weighted by Gasteiger charge is -2.08. The van der Waals surface area contributed by atoms with Crippen LogP contribution < -0.4 is 10.1 Å². The molecule has 1 heterocycles. The number of hydrogen-bond donors (Lipinski definition) is 1. The molecule has 1 amide bonds. The van der Waals surface area contributed by atoms with E-state index in [1.165, 1.54) is 24.3 Å². The fourth-order valence-electron chi connectivity index (χ4n) is 1.79. The van der Waals surface area contributed by atoms with Crippen molar-refractivity contribution in [2.24, 2.45) is 7.05 Å². The molecule has 8 heteroatoms. The van der Waals surface area contributed by atoms with Crippen LogP contribution in [-0.4, -0.2) is 29.7 Å². The lowest BCUT2D eigenvalue weighted by Crippen LogP contribution is -2.21. The molecule has 0 saturated heterocycles. The molecule has 0 unspecified atom stereocenters. The van der Waals surface area contributed by atoms with E-state index >= 15 is 0 Å². The highest BCUT2D eigenvalue weighted by Crippen LogP contribution is 2.17. The van der Waals surface area contributed by atoms with Crippen LogP contribution in [0.4, 0.5) is 14.5 Å². The number of esters is 1. The van der Waals surface area contributed by atoms with Crippen molar-refractivity contribution >= 4 is 17.6 Å². The third-order valence-electron chi connectivity index (χ3n) is 2.85. The summed E-state index contributed by atoms with van der Waals surface area (Å²) in [5.41, 5.74) is 0.692. The van der Waals surface area contributed by atoms with Crippen LogP contribution in [0, 0.1) is 0 Å². The summed E-state index contributed by atoms with van der Waals surface area (Å²) in [5, 5.41) is 2.47. The number of benzene rings is 1. The first-order valence-corrected chi connectivity index (χ1v) is 6.59. The molecule has 2 aromatic rings. The molecular weight excluding hydrogens is 310 g/mol. The maximum Gasteiger partial charge on any atom is 0.387 e. The number of ether oxygens (including phenoxy) is 2. The number of amides is 1. The van der Waals surface area contributed by atoms with Gasteiger partial charge in [-0.25, -0.2) is 4.79 Å². The molecule has 1 aromatic heterocycles. The second-order valence-corrected chi connectivity index (χ2v) is 4.53. The summed E-state index contributed by atoms with van der Waals surface area (Å²) in [4.78, 5) is 23.4. The number of rotatable bonds is 6. The zero-order chi connectivity index (χ0) is 16.8. The second-order valence-electron chi connectivity index (χ2n) is 4.53. The largest absolute Gasteiger partial charge is 0.451 e. The first-order valence-electron chi connectivity index (χ1n) is 6.59. The van der Waals surface area contributed by atoms with E-state index < -0.39 is 25.1 Å². The summed E-state index contributed by atoms with van der Waals surface area (Å²) < 4.78 is 34.7. The number of aromatic nitrogens is 1. The number of hydrogen-bond acceptors (Lipinski definition) is 4. The molecule has 1 N–H and O–H groups in total. The van der Waals surface area contributed by atoms with Gasteiger partial charge in [-0.05, 0) is 36.4 Å². The molecular formula is C15H14F2N2O4. The van der Waals surface area contributed by atoms with Gasteiger partial charge in [-0.15, -0.1) is 0 Å². The molecule has 0 radical (unpaired) electrons. The van der Waals surface area contributed by atoms with Crippen LogP contribution in [-0.2, 0) is 16.6 Å². The van der Waals surface area contributed by atoms with Gasteiger partial charge in [0.15, 0.2) is 6.61 Å². The number of alkyl halides is 2. The minimum atomic E-state index is -2.91. The predicted molar refractivity (Wildman–Crippen MR) is 77.4 cm³/mol. The molecule has 0 aliphatic rings. The molecule has 0 fully saturated rings. The number of halogens is 2.